The molecule has 0 atom stereocenters. The molecule has 0 fully saturated rings. The highest BCUT2D eigenvalue weighted by atomic mass is 79.9. The molecule has 0 aromatic heterocycles. The van der Waals surface area contributed by atoms with Gasteiger partial charge >= 0.3 is 5.97 Å². The molecule has 0 saturated carbocycles. The minimum atomic E-state index is -0.975. The van der Waals surface area contributed by atoms with Crippen LogP contribution in [0.3, 0.4) is 0 Å². The molecule has 0 aliphatic carbocycles. The van der Waals surface area contributed by atoms with E-state index in [2.05, 4.69) is 15.9 Å². The van der Waals surface area contributed by atoms with E-state index in [1.54, 1.807) is 0 Å². The third kappa shape index (κ3) is 3.98. The summed E-state index contributed by atoms with van der Waals surface area (Å²) in [6.45, 7) is 0. The molecule has 0 aliphatic heterocycles. The number of halogens is 1. The standard InChI is InChI=1S/C12H11BrO3/c13-11-8-9(2-1-7-14)3-4-10(11)5-6-12(15)16/h3-8H,1-2H2,(H,15,16)/b6-5+. The Morgan fingerprint density at radius 2 is 2.19 bits per heavy atom. The first-order chi connectivity index (χ1) is 7.63. The molecule has 1 rings (SSSR count). The first-order valence-electron chi connectivity index (χ1n) is 4.76. The van der Waals surface area contributed by atoms with Crippen LogP contribution in [0.2, 0.25) is 0 Å². The molecule has 1 aromatic rings. The second kappa shape index (κ2) is 6.23. The van der Waals surface area contributed by atoms with E-state index >= 15 is 0 Å². The van der Waals surface area contributed by atoms with Crippen LogP contribution in [0.4, 0.5) is 0 Å². The van der Waals surface area contributed by atoms with Gasteiger partial charge in [0.05, 0.1) is 0 Å². The van der Waals surface area contributed by atoms with E-state index in [0.29, 0.717) is 12.8 Å². The molecule has 0 aliphatic rings. The van der Waals surface area contributed by atoms with E-state index in [1.165, 1.54) is 6.08 Å². The van der Waals surface area contributed by atoms with Crippen molar-refractivity contribution in [3.63, 3.8) is 0 Å². The quantitative estimate of drug-likeness (QED) is 0.667. The van der Waals surface area contributed by atoms with Gasteiger partial charge in [0, 0.05) is 17.0 Å². The second-order valence-electron chi connectivity index (χ2n) is 3.23. The number of carbonyl (C=O) groups is 2. The van der Waals surface area contributed by atoms with Gasteiger partial charge in [-0.05, 0) is 29.7 Å². The topological polar surface area (TPSA) is 54.4 Å². The van der Waals surface area contributed by atoms with E-state index < -0.39 is 5.97 Å². The zero-order valence-electron chi connectivity index (χ0n) is 8.52. The molecule has 1 N–H and O–H groups in total. The van der Waals surface area contributed by atoms with Gasteiger partial charge in [-0.1, -0.05) is 28.1 Å². The lowest BCUT2D eigenvalue weighted by molar-refractivity contribution is -0.131. The molecule has 0 unspecified atom stereocenters. The van der Waals surface area contributed by atoms with Crippen molar-refractivity contribution in [1.29, 1.82) is 0 Å². The van der Waals surface area contributed by atoms with Crippen molar-refractivity contribution in [3.05, 3.63) is 39.9 Å². The predicted molar refractivity (Wildman–Crippen MR) is 65.2 cm³/mol. The molecule has 0 bridgehead atoms. The lowest BCUT2D eigenvalue weighted by Crippen LogP contribution is -1.89. The van der Waals surface area contributed by atoms with Crippen molar-refractivity contribution in [1.82, 2.24) is 0 Å². The van der Waals surface area contributed by atoms with Crippen molar-refractivity contribution in [3.8, 4) is 0 Å². The maximum Gasteiger partial charge on any atom is 0.328 e. The maximum atomic E-state index is 10.4. The molecular weight excluding hydrogens is 272 g/mol. The van der Waals surface area contributed by atoms with E-state index in [1.807, 2.05) is 18.2 Å². The Morgan fingerprint density at radius 1 is 1.44 bits per heavy atom. The number of rotatable bonds is 5. The van der Waals surface area contributed by atoms with Crippen molar-refractivity contribution < 1.29 is 14.7 Å². The Bertz CT molecular complexity index is 424. The molecule has 4 heteroatoms. The maximum absolute atomic E-state index is 10.4. The summed E-state index contributed by atoms with van der Waals surface area (Å²) in [5, 5.41) is 8.50. The van der Waals surface area contributed by atoms with Gasteiger partial charge in [0.15, 0.2) is 0 Å². The smallest absolute Gasteiger partial charge is 0.328 e. The minimum absolute atomic E-state index is 0.497. The van der Waals surface area contributed by atoms with Gasteiger partial charge in [0.25, 0.3) is 0 Å². The van der Waals surface area contributed by atoms with Gasteiger partial charge in [-0.25, -0.2) is 4.79 Å². The molecule has 1 aromatic carbocycles. The van der Waals surface area contributed by atoms with Crippen LogP contribution in [0.1, 0.15) is 17.5 Å². The van der Waals surface area contributed by atoms with Crippen LogP contribution in [0.15, 0.2) is 28.7 Å². The van der Waals surface area contributed by atoms with Crippen LogP contribution >= 0.6 is 15.9 Å². The van der Waals surface area contributed by atoms with Gasteiger partial charge in [-0.3, -0.25) is 0 Å². The summed E-state index contributed by atoms with van der Waals surface area (Å²) in [5.41, 5.74) is 1.85. The Labute approximate surface area is 102 Å². The fourth-order valence-electron chi connectivity index (χ4n) is 1.25. The molecule has 16 heavy (non-hydrogen) atoms. The summed E-state index contributed by atoms with van der Waals surface area (Å²) in [5.74, 6) is -0.975. The van der Waals surface area contributed by atoms with Crippen molar-refractivity contribution in [2.24, 2.45) is 0 Å². The molecule has 0 heterocycles. The Hall–Kier alpha value is -1.42. The normalized spacial score (nSPS) is 10.6. The lowest BCUT2D eigenvalue weighted by Gasteiger charge is -2.02. The van der Waals surface area contributed by atoms with E-state index in [9.17, 15) is 9.59 Å². The number of hydrogen-bond donors (Lipinski definition) is 1. The number of aliphatic carboxylic acids is 1. The number of hydrogen-bond acceptors (Lipinski definition) is 2. The molecule has 0 radical (unpaired) electrons. The summed E-state index contributed by atoms with van der Waals surface area (Å²) in [7, 11) is 0. The minimum Gasteiger partial charge on any atom is -0.478 e. The van der Waals surface area contributed by atoms with E-state index in [-0.39, 0.29) is 0 Å². The number of benzene rings is 1. The van der Waals surface area contributed by atoms with E-state index in [4.69, 9.17) is 5.11 Å². The first-order valence-corrected chi connectivity index (χ1v) is 5.56. The Kier molecular flexibility index (Phi) is 4.92. The van der Waals surface area contributed by atoms with Crippen molar-refractivity contribution >= 4 is 34.3 Å². The van der Waals surface area contributed by atoms with Crippen molar-refractivity contribution in [2.45, 2.75) is 12.8 Å². The van der Waals surface area contributed by atoms with Crippen LogP contribution in [-0.4, -0.2) is 17.4 Å². The highest BCUT2D eigenvalue weighted by Gasteiger charge is 1.99. The number of carboxylic acids is 1. The second-order valence-corrected chi connectivity index (χ2v) is 4.09. The van der Waals surface area contributed by atoms with E-state index in [0.717, 1.165) is 28.0 Å². The fraction of sp³-hybridized carbons (Fsp3) is 0.167. The van der Waals surface area contributed by atoms with Crippen LogP contribution < -0.4 is 0 Å². The monoisotopic (exact) mass is 282 g/mol. The molecule has 84 valence electrons. The zero-order valence-corrected chi connectivity index (χ0v) is 10.1. The summed E-state index contributed by atoms with van der Waals surface area (Å²) >= 11 is 3.36. The van der Waals surface area contributed by atoms with Crippen LogP contribution in [-0.2, 0) is 16.0 Å². The van der Waals surface area contributed by atoms with Gasteiger partial charge in [-0.2, -0.15) is 0 Å². The first kappa shape index (κ1) is 12.6. The summed E-state index contributed by atoms with van der Waals surface area (Å²) in [6, 6.07) is 5.60. The molecule has 0 amide bonds. The van der Waals surface area contributed by atoms with Gasteiger partial charge in [-0.15, -0.1) is 0 Å². The average molecular weight is 283 g/mol. The van der Waals surface area contributed by atoms with Gasteiger partial charge < -0.3 is 9.90 Å². The fourth-order valence-corrected chi connectivity index (χ4v) is 1.81. The van der Waals surface area contributed by atoms with Gasteiger partial charge in [0.2, 0.25) is 0 Å². The van der Waals surface area contributed by atoms with Crippen LogP contribution in [0.25, 0.3) is 6.08 Å². The average Bonchev–Trinajstić information content (AvgIpc) is 2.24. The number of aryl methyl sites for hydroxylation is 1. The van der Waals surface area contributed by atoms with Gasteiger partial charge in [0.1, 0.15) is 6.29 Å². The lowest BCUT2D eigenvalue weighted by atomic mass is 10.1. The van der Waals surface area contributed by atoms with Crippen LogP contribution in [0, 0.1) is 0 Å². The SMILES string of the molecule is O=CCCc1ccc(/C=C/C(=O)O)c(Br)c1. The third-order valence-electron chi connectivity index (χ3n) is 2.02. The number of carbonyl (C=O) groups excluding carboxylic acids is 1. The summed E-state index contributed by atoms with van der Waals surface area (Å²) in [4.78, 5) is 20.6. The number of carboxylic acid groups (broad SMARTS) is 1. The predicted octanol–water partition coefficient (Wildman–Crippen LogP) is 2.68. The van der Waals surface area contributed by atoms with Crippen LogP contribution in [0.5, 0.6) is 0 Å². The Balaban J connectivity index is 2.82. The highest BCUT2D eigenvalue weighted by molar-refractivity contribution is 9.10. The highest BCUT2D eigenvalue weighted by Crippen LogP contribution is 2.20. The largest absolute Gasteiger partial charge is 0.478 e. The molecular formula is C12H11BrO3. The number of aldehydes is 1. The summed E-state index contributed by atoms with van der Waals surface area (Å²) in [6.07, 6.45) is 4.69. The van der Waals surface area contributed by atoms with Crippen molar-refractivity contribution in [2.75, 3.05) is 0 Å². The zero-order chi connectivity index (χ0) is 12.0. The summed E-state index contributed by atoms with van der Waals surface area (Å²) < 4.78 is 0.827. The third-order valence-corrected chi connectivity index (χ3v) is 2.71. The molecule has 3 nitrogen and oxygen atoms in total. The Morgan fingerprint density at radius 3 is 2.75 bits per heavy atom. The molecule has 0 saturated heterocycles. The molecule has 0 spiro atoms.